The molecule has 0 spiro atoms. The van der Waals surface area contributed by atoms with E-state index < -0.39 is 0 Å². The lowest BCUT2D eigenvalue weighted by Gasteiger charge is -2.17. The number of phenols is 1. The molecule has 0 saturated carbocycles. The summed E-state index contributed by atoms with van der Waals surface area (Å²) in [4.78, 5) is 11.2. The maximum absolute atomic E-state index is 13.5. The summed E-state index contributed by atoms with van der Waals surface area (Å²) in [6.07, 6.45) is 3.31. The second-order valence-corrected chi connectivity index (χ2v) is 7.45. The van der Waals surface area contributed by atoms with E-state index in [2.05, 4.69) is 29.0 Å². The minimum absolute atomic E-state index is 0.131. The van der Waals surface area contributed by atoms with E-state index in [1.807, 2.05) is 11.0 Å². The zero-order valence-corrected chi connectivity index (χ0v) is 17.8. The summed E-state index contributed by atoms with van der Waals surface area (Å²) in [6.45, 7) is 5.45. The summed E-state index contributed by atoms with van der Waals surface area (Å²) < 4.78 is 13.5. The Morgan fingerprint density at radius 2 is 1.70 bits per heavy atom. The van der Waals surface area contributed by atoms with Gasteiger partial charge in [-0.3, -0.25) is 14.9 Å². The average molecular weight is 426 g/mol. The van der Waals surface area contributed by atoms with Gasteiger partial charge < -0.3 is 5.11 Å². The van der Waals surface area contributed by atoms with E-state index in [0.29, 0.717) is 29.7 Å². The summed E-state index contributed by atoms with van der Waals surface area (Å²) in [6, 6.07) is 13.1. The first kappa shape index (κ1) is 21.7. The van der Waals surface area contributed by atoms with Gasteiger partial charge in [0.15, 0.2) is 5.84 Å². The van der Waals surface area contributed by atoms with E-state index in [4.69, 9.17) is 4.99 Å². The zero-order chi connectivity index (χ0) is 21.3. The third-order valence-corrected chi connectivity index (χ3v) is 5.06. The molecule has 1 heterocycles. The molecule has 8 heteroatoms. The van der Waals surface area contributed by atoms with Crippen molar-refractivity contribution in [2.24, 2.45) is 20.2 Å². The summed E-state index contributed by atoms with van der Waals surface area (Å²) in [5, 5.41) is 19.8. The number of para-hydroxylation sites is 1. The molecule has 0 aliphatic carbocycles. The van der Waals surface area contributed by atoms with E-state index in [9.17, 15) is 9.50 Å². The molecule has 3 rings (SSSR count). The van der Waals surface area contributed by atoms with Crippen LogP contribution in [0.15, 0.2) is 68.7 Å². The van der Waals surface area contributed by atoms with Crippen molar-refractivity contribution in [1.29, 1.82) is 0 Å². The molecule has 0 radical (unpaired) electrons. The SMILES string of the molecule is CCCN=C1SC(=N/N=C/c2ccccc2O)N(c2ccc(F)cc2)C1=NCCC. The molecule has 0 bridgehead atoms. The van der Waals surface area contributed by atoms with E-state index >= 15 is 0 Å². The van der Waals surface area contributed by atoms with E-state index in [1.54, 1.807) is 30.3 Å². The van der Waals surface area contributed by atoms with Gasteiger partial charge in [-0.2, -0.15) is 5.10 Å². The molecule has 30 heavy (non-hydrogen) atoms. The maximum Gasteiger partial charge on any atom is 0.202 e. The fourth-order valence-corrected chi connectivity index (χ4v) is 3.61. The minimum atomic E-state index is -0.311. The van der Waals surface area contributed by atoms with Crippen LogP contribution >= 0.6 is 11.8 Å². The molecule has 0 aromatic heterocycles. The fourth-order valence-electron chi connectivity index (χ4n) is 2.66. The number of hydrogen-bond donors (Lipinski definition) is 1. The predicted molar refractivity (Wildman–Crippen MR) is 125 cm³/mol. The third-order valence-electron chi connectivity index (χ3n) is 4.11. The summed E-state index contributed by atoms with van der Waals surface area (Å²) >= 11 is 1.38. The molecule has 6 nitrogen and oxygen atoms in total. The van der Waals surface area contributed by atoms with Crippen LogP contribution in [0.2, 0.25) is 0 Å². The van der Waals surface area contributed by atoms with Crippen LogP contribution in [-0.4, -0.2) is 40.5 Å². The van der Waals surface area contributed by atoms with E-state index in [-0.39, 0.29) is 11.6 Å². The van der Waals surface area contributed by atoms with Crippen LogP contribution < -0.4 is 4.90 Å². The standard InChI is InChI=1S/C22H24FN5OS/c1-3-13-24-20-21(25-14-4-2)30-22(28(20)18-11-9-17(23)10-12-18)27-26-15-16-7-5-6-8-19(16)29/h5-12,15,29H,3-4,13-14H2,1-2H3/b24-20?,25-21?,26-15+,27-22?. The van der Waals surface area contributed by atoms with Crippen LogP contribution in [0.3, 0.4) is 0 Å². The van der Waals surface area contributed by atoms with Gasteiger partial charge in [-0.15, -0.1) is 5.10 Å². The molecule has 0 atom stereocenters. The zero-order valence-electron chi connectivity index (χ0n) is 17.0. The van der Waals surface area contributed by atoms with Crippen molar-refractivity contribution in [3.8, 4) is 5.75 Å². The first-order valence-electron chi connectivity index (χ1n) is 9.85. The number of aromatic hydroxyl groups is 1. The molecule has 1 fully saturated rings. The van der Waals surface area contributed by atoms with Crippen molar-refractivity contribution < 1.29 is 9.50 Å². The van der Waals surface area contributed by atoms with Gasteiger partial charge in [-0.1, -0.05) is 26.0 Å². The molecular formula is C22H24FN5OS. The molecule has 2 aromatic rings. The predicted octanol–water partition coefficient (Wildman–Crippen LogP) is 5.09. The Balaban J connectivity index is 2.01. The highest BCUT2D eigenvalue weighted by Gasteiger charge is 2.34. The lowest BCUT2D eigenvalue weighted by molar-refractivity contribution is 0.474. The number of nitrogens with zero attached hydrogens (tertiary/aromatic N) is 5. The number of amidine groups is 2. The van der Waals surface area contributed by atoms with Crippen LogP contribution in [0.5, 0.6) is 5.75 Å². The van der Waals surface area contributed by atoms with Gasteiger partial charge >= 0.3 is 0 Å². The van der Waals surface area contributed by atoms with Gasteiger partial charge in [-0.05, 0) is 61.0 Å². The number of thioether (sulfide) groups is 1. The van der Waals surface area contributed by atoms with Crippen LogP contribution in [-0.2, 0) is 0 Å². The minimum Gasteiger partial charge on any atom is -0.507 e. The summed E-state index contributed by atoms with van der Waals surface area (Å²) in [5.74, 6) is 0.512. The van der Waals surface area contributed by atoms with Crippen molar-refractivity contribution in [2.45, 2.75) is 26.7 Å². The molecule has 156 valence electrons. The number of halogens is 1. The van der Waals surface area contributed by atoms with Crippen LogP contribution in [0.1, 0.15) is 32.3 Å². The topological polar surface area (TPSA) is 72.9 Å². The lowest BCUT2D eigenvalue weighted by Crippen LogP contribution is -2.31. The second kappa shape index (κ2) is 10.7. The molecule has 0 amide bonds. The Labute approximate surface area is 180 Å². The van der Waals surface area contributed by atoms with Crippen molar-refractivity contribution in [2.75, 3.05) is 18.0 Å². The van der Waals surface area contributed by atoms with Gasteiger partial charge in [0.1, 0.15) is 16.6 Å². The number of phenolic OH excluding ortho intramolecular Hbond substituents is 1. The fraction of sp³-hybridized carbons (Fsp3) is 0.273. The van der Waals surface area contributed by atoms with Gasteiger partial charge in [-0.25, -0.2) is 4.39 Å². The van der Waals surface area contributed by atoms with Gasteiger partial charge in [0.05, 0.1) is 6.21 Å². The molecule has 2 aromatic carbocycles. The van der Waals surface area contributed by atoms with E-state index in [0.717, 1.165) is 23.6 Å². The summed E-state index contributed by atoms with van der Waals surface area (Å²) in [5.41, 5.74) is 1.30. The molecule has 0 unspecified atom stereocenters. The van der Waals surface area contributed by atoms with Crippen molar-refractivity contribution in [3.05, 3.63) is 59.9 Å². The Morgan fingerprint density at radius 1 is 1.00 bits per heavy atom. The number of rotatable bonds is 7. The number of aliphatic imine (C=N–C) groups is 2. The molecule has 1 aliphatic rings. The van der Waals surface area contributed by atoms with Crippen LogP contribution in [0.25, 0.3) is 0 Å². The molecule has 1 N–H and O–H groups in total. The smallest absolute Gasteiger partial charge is 0.202 e. The van der Waals surface area contributed by atoms with Crippen LogP contribution in [0, 0.1) is 5.82 Å². The van der Waals surface area contributed by atoms with Gasteiger partial charge in [0, 0.05) is 24.3 Å². The van der Waals surface area contributed by atoms with Crippen molar-refractivity contribution in [3.63, 3.8) is 0 Å². The Bertz CT molecular complexity index is 985. The van der Waals surface area contributed by atoms with Crippen molar-refractivity contribution in [1.82, 2.24) is 0 Å². The maximum atomic E-state index is 13.5. The molecule has 1 saturated heterocycles. The highest BCUT2D eigenvalue weighted by Crippen LogP contribution is 2.30. The highest BCUT2D eigenvalue weighted by atomic mass is 32.2. The Hall–Kier alpha value is -3.00. The monoisotopic (exact) mass is 425 g/mol. The quantitative estimate of drug-likeness (QED) is 0.496. The van der Waals surface area contributed by atoms with E-state index in [1.165, 1.54) is 30.1 Å². The third kappa shape index (κ3) is 5.33. The number of benzene rings is 2. The largest absolute Gasteiger partial charge is 0.507 e. The lowest BCUT2D eigenvalue weighted by atomic mass is 10.2. The summed E-state index contributed by atoms with van der Waals surface area (Å²) in [7, 11) is 0. The van der Waals surface area contributed by atoms with Crippen molar-refractivity contribution >= 4 is 39.7 Å². The number of anilines is 1. The normalized spacial score (nSPS) is 18.4. The second-order valence-electron chi connectivity index (χ2n) is 6.49. The average Bonchev–Trinajstić information content (AvgIpc) is 3.09. The first-order chi connectivity index (χ1) is 14.6. The first-order valence-corrected chi connectivity index (χ1v) is 10.7. The van der Waals surface area contributed by atoms with Gasteiger partial charge in [0.25, 0.3) is 0 Å². The molecule has 1 aliphatic heterocycles. The van der Waals surface area contributed by atoms with Gasteiger partial charge in [0.2, 0.25) is 5.17 Å². The van der Waals surface area contributed by atoms with Crippen LogP contribution in [0.4, 0.5) is 10.1 Å². The Morgan fingerprint density at radius 3 is 2.40 bits per heavy atom. The molecular weight excluding hydrogens is 401 g/mol. The highest BCUT2D eigenvalue weighted by molar-refractivity contribution is 8.29. The Kier molecular flexibility index (Phi) is 7.73. The number of hydrogen-bond acceptors (Lipinski definition) is 6.